The quantitative estimate of drug-likeness (QED) is 0.389. The molecule has 18 heavy (non-hydrogen) atoms. The van der Waals surface area contributed by atoms with E-state index in [1.54, 1.807) is 5.82 Å². The number of hydrogen-bond donors (Lipinski definition) is 0. The Morgan fingerprint density at radius 3 is 2.00 bits per heavy atom. The van der Waals surface area contributed by atoms with Gasteiger partial charge in [0.05, 0.1) is 12.2 Å². The molecule has 4 heteroatoms. The SMILES string of the molecule is CCCCCC/C=C/P(=O)(OC(C)C)OC(C)C. The minimum absolute atomic E-state index is 0.0978. The molecule has 0 saturated heterocycles. The predicted octanol–water partition coefficient (Wildman–Crippen LogP) is 5.51. The van der Waals surface area contributed by atoms with Crippen molar-refractivity contribution >= 4 is 7.60 Å². The first-order valence-electron chi connectivity index (χ1n) is 7.04. The molecule has 108 valence electrons. The average molecular weight is 276 g/mol. The van der Waals surface area contributed by atoms with Crippen LogP contribution in [0.3, 0.4) is 0 Å². The van der Waals surface area contributed by atoms with Gasteiger partial charge in [-0.3, -0.25) is 4.57 Å². The molecule has 0 radical (unpaired) electrons. The van der Waals surface area contributed by atoms with Crippen LogP contribution in [-0.4, -0.2) is 12.2 Å². The lowest BCUT2D eigenvalue weighted by atomic mass is 10.2. The molecule has 0 unspecified atom stereocenters. The highest BCUT2D eigenvalue weighted by Crippen LogP contribution is 2.52. The van der Waals surface area contributed by atoms with E-state index in [1.807, 2.05) is 33.8 Å². The van der Waals surface area contributed by atoms with Crippen LogP contribution in [0.4, 0.5) is 0 Å². The monoisotopic (exact) mass is 276 g/mol. The van der Waals surface area contributed by atoms with Crippen molar-refractivity contribution in [2.75, 3.05) is 0 Å². The smallest absolute Gasteiger partial charge is 0.303 e. The molecule has 0 aliphatic heterocycles. The maximum Gasteiger partial charge on any atom is 0.354 e. The summed E-state index contributed by atoms with van der Waals surface area (Å²) in [5.74, 6) is 1.62. The van der Waals surface area contributed by atoms with Gasteiger partial charge in [-0.25, -0.2) is 0 Å². The van der Waals surface area contributed by atoms with Crippen LogP contribution in [0.25, 0.3) is 0 Å². The summed E-state index contributed by atoms with van der Waals surface area (Å²) >= 11 is 0. The van der Waals surface area contributed by atoms with E-state index in [0.717, 1.165) is 12.8 Å². The van der Waals surface area contributed by atoms with Crippen LogP contribution < -0.4 is 0 Å². The summed E-state index contributed by atoms with van der Waals surface area (Å²) in [4.78, 5) is 0. The molecule has 0 aromatic heterocycles. The normalized spacial score (nSPS) is 13.1. The molecular weight excluding hydrogens is 247 g/mol. The zero-order valence-corrected chi connectivity index (χ0v) is 13.4. The molecule has 0 atom stereocenters. The molecular formula is C14H29O3P. The molecule has 0 amide bonds. The van der Waals surface area contributed by atoms with Gasteiger partial charge in [-0.15, -0.1) is 0 Å². The number of hydrogen-bond acceptors (Lipinski definition) is 3. The molecule has 0 aliphatic carbocycles. The third-order valence-electron chi connectivity index (χ3n) is 2.23. The van der Waals surface area contributed by atoms with Crippen LogP contribution in [-0.2, 0) is 13.6 Å². The second-order valence-corrected chi connectivity index (χ2v) is 6.88. The molecule has 0 aliphatic rings. The number of rotatable bonds is 10. The van der Waals surface area contributed by atoms with Crippen LogP contribution in [0.1, 0.15) is 66.7 Å². The maximum absolute atomic E-state index is 12.4. The Morgan fingerprint density at radius 2 is 1.56 bits per heavy atom. The third-order valence-corrected chi connectivity index (χ3v) is 4.23. The first kappa shape index (κ1) is 17.9. The lowest BCUT2D eigenvalue weighted by Gasteiger charge is -2.19. The highest BCUT2D eigenvalue weighted by Gasteiger charge is 2.23. The van der Waals surface area contributed by atoms with Gasteiger partial charge in [-0.05, 0) is 40.5 Å². The van der Waals surface area contributed by atoms with E-state index < -0.39 is 7.60 Å². The van der Waals surface area contributed by atoms with Crippen LogP contribution in [0.2, 0.25) is 0 Å². The average Bonchev–Trinajstić information content (AvgIpc) is 2.20. The number of unbranched alkanes of at least 4 members (excludes halogenated alkanes) is 4. The topological polar surface area (TPSA) is 35.5 Å². The van der Waals surface area contributed by atoms with Crippen LogP contribution in [0.15, 0.2) is 11.9 Å². The highest BCUT2D eigenvalue weighted by atomic mass is 31.2. The summed E-state index contributed by atoms with van der Waals surface area (Å²) in [5, 5.41) is 0. The van der Waals surface area contributed by atoms with Gasteiger partial charge in [-0.2, -0.15) is 0 Å². The summed E-state index contributed by atoms with van der Waals surface area (Å²) in [6.45, 7) is 9.66. The highest BCUT2D eigenvalue weighted by molar-refractivity contribution is 7.57. The fraction of sp³-hybridized carbons (Fsp3) is 0.857. The van der Waals surface area contributed by atoms with Gasteiger partial charge in [0, 0.05) is 5.82 Å². The minimum Gasteiger partial charge on any atom is -0.303 e. The van der Waals surface area contributed by atoms with Crippen molar-refractivity contribution in [2.24, 2.45) is 0 Å². The van der Waals surface area contributed by atoms with Gasteiger partial charge in [0.15, 0.2) is 0 Å². The number of allylic oxidation sites excluding steroid dienone is 1. The van der Waals surface area contributed by atoms with E-state index in [1.165, 1.54) is 19.3 Å². The van der Waals surface area contributed by atoms with E-state index in [4.69, 9.17) is 9.05 Å². The van der Waals surface area contributed by atoms with Crippen molar-refractivity contribution in [3.63, 3.8) is 0 Å². The van der Waals surface area contributed by atoms with Crippen LogP contribution in [0.5, 0.6) is 0 Å². The summed E-state index contributed by atoms with van der Waals surface area (Å²) in [6.07, 6.45) is 7.52. The first-order chi connectivity index (χ1) is 8.39. The lowest BCUT2D eigenvalue weighted by Crippen LogP contribution is -2.06. The van der Waals surface area contributed by atoms with Gasteiger partial charge in [-0.1, -0.05) is 32.3 Å². The molecule has 0 spiro atoms. The Labute approximate surface area is 112 Å². The first-order valence-corrected chi connectivity index (χ1v) is 8.65. The van der Waals surface area contributed by atoms with E-state index in [9.17, 15) is 4.57 Å². The van der Waals surface area contributed by atoms with Gasteiger partial charge in [0.25, 0.3) is 0 Å². The van der Waals surface area contributed by atoms with Crippen LogP contribution in [0, 0.1) is 0 Å². The Balaban J connectivity index is 4.23. The van der Waals surface area contributed by atoms with Crippen molar-refractivity contribution in [3.05, 3.63) is 11.9 Å². The molecule has 0 heterocycles. The second kappa shape index (κ2) is 9.77. The van der Waals surface area contributed by atoms with E-state index in [0.29, 0.717) is 0 Å². The van der Waals surface area contributed by atoms with Crippen molar-refractivity contribution in [2.45, 2.75) is 78.9 Å². The predicted molar refractivity (Wildman–Crippen MR) is 77.9 cm³/mol. The zero-order valence-electron chi connectivity index (χ0n) is 12.5. The Bertz CT molecular complexity index is 258. The summed E-state index contributed by atoms with van der Waals surface area (Å²) in [6, 6.07) is 0. The largest absolute Gasteiger partial charge is 0.354 e. The zero-order chi connectivity index (χ0) is 14.0. The molecule has 0 fully saturated rings. The van der Waals surface area contributed by atoms with Crippen molar-refractivity contribution in [1.82, 2.24) is 0 Å². The Hall–Kier alpha value is -0.110. The van der Waals surface area contributed by atoms with E-state index in [-0.39, 0.29) is 12.2 Å². The van der Waals surface area contributed by atoms with Crippen molar-refractivity contribution in [1.29, 1.82) is 0 Å². The van der Waals surface area contributed by atoms with Gasteiger partial charge >= 0.3 is 7.60 Å². The van der Waals surface area contributed by atoms with E-state index in [2.05, 4.69) is 6.92 Å². The minimum atomic E-state index is -3.07. The summed E-state index contributed by atoms with van der Waals surface area (Å²) in [5.41, 5.74) is 0. The fourth-order valence-corrected chi connectivity index (χ4v) is 3.35. The van der Waals surface area contributed by atoms with Gasteiger partial charge in [0.2, 0.25) is 0 Å². The maximum atomic E-state index is 12.4. The van der Waals surface area contributed by atoms with Crippen LogP contribution >= 0.6 is 7.60 Å². The van der Waals surface area contributed by atoms with Gasteiger partial charge in [0.1, 0.15) is 0 Å². The molecule has 0 aromatic rings. The fourth-order valence-electron chi connectivity index (χ4n) is 1.58. The van der Waals surface area contributed by atoms with Gasteiger partial charge < -0.3 is 9.05 Å². The molecule has 0 rings (SSSR count). The standard InChI is InChI=1S/C14H29O3P/c1-6-7-8-9-10-11-12-18(15,16-13(2)3)17-14(4)5/h11-14H,6-10H2,1-5H3/b12-11+. The lowest BCUT2D eigenvalue weighted by molar-refractivity contribution is 0.149. The Kier molecular flexibility index (Phi) is 9.71. The van der Waals surface area contributed by atoms with E-state index >= 15 is 0 Å². The second-order valence-electron chi connectivity index (χ2n) is 5.08. The molecule has 3 nitrogen and oxygen atoms in total. The summed E-state index contributed by atoms with van der Waals surface area (Å²) < 4.78 is 23.2. The molecule has 0 saturated carbocycles. The molecule has 0 bridgehead atoms. The molecule has 0 aromatic carbocycles. The van der Waals surface area contributed by atoms with Crippen molar-refractivity contribution in [3.8, 4) is 0 Å². The summed E-state index contributed by atoms with van der Waals surface area (Å²) in [7, 11) is -3.07. The molecule has 0 N–H and O–H groups in total. The van der Waals surface area contributed by atoms with Crippen molar-refractivity contribution < 1.29 is 13.6 Å². The third kappa shape index (κ3) is 9.87. The Morgan fingerprint density at radius 1 is 1.00 bits per heavy atom.